The molecule has 1 radical (unpaired) electrons. The number of anilines is 1. The molecule has 0 amide bonds. The third-order valence-corrected chi connectivity index (χ3v) is 1.75. The fourth-order valence-corrected chi connectivity index (χ4v) is 1.08. The van der Waals surface area contributed by atoms with Crippen LogP contribution in [0.25, 0.3) is 0 Å². The summed E-state index contributed by atoms with van der Waals surface area (Å²) in [6, 6.07) is 3.92. The van der Waals surface area contributed by atoms with Gasteiger partial charge < -0.3 is 5.01 Å². The van der Waals surface area contributed by atoms with E-state index >= 15 is 0 Å². The molecule has 0 aliphatic rings. The standard InChI is InChI=1S/C10H16N3/c1-3-7-12-13(4-2)10-6-5-8-11-9-10/h5-6,8,12H,3-4,7H2,1-2H3. The zero-order valence-corrected chi connectivity index (χ0v) is 8.25. The molecule has 0 unspecified atom stereocenters. The van der Waals surface area contributed by atoms with E-state index in [4.69, 9.17) is 0 Å². The van der Waals surface area contributed by atoms with Crippen molar-refractivity contribution in [2.75, 3.05) is 18.1 Å². The van der Waals surface area contributed by atoms with Crippen molar-refractivity contribution in [1.29, 1.82) is 0 Å². The van der Waals surface area contributed by atoms with Crippen LogP contribution in [0.2, 0.25) is 0 Å². The molecule has 1 heterocycles. The smallest absolute Gasteiger partial charge is 0.115 e. The Morgan fingerprint density at radius 2 is 2.38 bits per heavy atom. The van der Waals surface area contributed by atoms with Crippen LogP contribution in [-0.4, -0.2) is 18.1 Å². The first-order chi connectivity index (χ1) is 6.38. The lowest BCUT2D eigenvalue weighted by Crippen LogP contribution is -2.38. The first kappa shape index (κ1) is 9.99. The number of hydrogen-bond acceptors (Lipinski definition) is 3. The van der Waals surface area contributed by atoms with Crippen molar-refractivity contribution in [3.05, 3.63) is 24.5 Å². The summed E-state index contributed by atoms with van der Waals surface area (Å²) in [5.41, 5.74) is 4.30. The average Bonchev–Trinajstić information content (AvgIpc) is 2.21. The zero-order valence-electron chi connectivity index (χ0n) is 8.25. The average molecular weight is 178 g/mol. The molecule has 3 nitrogen and oxygen atoms in total. The molecule has 0 aliphatic heterocycles. The van der Waals surface area contributed by atoms with Crippen LogP contribution in [0.3, 0.4) is 0 Å². The van der Waals surface area contributed by atoms with E-state index in [1.54, 1.807) is 6.20 Å². The molecule has 0 saturated carbocycles. The van der Waals surface area contributed by atoms with Crippen LogP contribution in [0.15, 0.2) is 18.3 Å². The van der Waals surface area contributed by atoms with Gasteiger partial charge in [0.2, 0.25) is 0 Å². The molecule has 1 aromatic rings. The lowest BCUT2D eigenvalue weighted by atomic mass is 10.4. The number of aromatic nitrogens is 1. The predicted molar refractivity (Wildman–Crippen MR) is 54.4 cm³/mol. The van der Waals surface area contributed by atoms with Gasteiger partial charge in [-0.3, -0.25) is 4.98 Å². The summed E-state index contributed by atoms with van der Waals surface area (Å²) >= 11 is 0. The summed E-state index contributed by atoms with van der Waals surface area (Å²) in [7, 11) is 0. The van der Waals surface area contributed by atoms with Crippen molar-refractivity contribution in [2.24, 2.45) is 0 Å². The zero-order chi connectivity index (χ0) is 9.52. The molecule has 0 bridgehead atoms. The topological polar surface area (TPSA) is 28.2 Å². The summed E-state index contributed by atoms with van der Waals surface area (Å²) in [6.45, 7) is 6.15. The van der Waals surface area contributed by atoms with Crippen LogP contribution < -0.4 is 10.4 Å². The molecule has 0 saturated heterocycles. The fourth-order valence-electron chi connectivity index (χ4n) is 1.08. The Bertz CT molecular complexity index is 223. The maximum Gasteiger partial charge on any atom is 0.115 e. The minimum absolute atomic E-state index is 0.919. The van der Waals surface area contributed by atoms with Gasteiger partial charge in [0.1, 0.15) is 6.20 Å². The van der Waals surface area contributed by atoms with Crippen LogP contribution in [0.4, 0.5) is 5.69 Å². The number of hydrogen-bond donors (Lipinski definition) is 1. The Labute approximate surface area is 79.8 Å². The molecule has 0 atom stereocenters. The van der Waals surface area contributed by atoms with Crippen molar-refractivity contribution in [1.82, 2.24) is 10.4 Å². The molecular weight excluding hydrogens is 162 g/mol. The molecule has 0 aromatic carbocycles. The number of nitrogens with one attached hydrogen (secondary N) is 1. The first-order valence-corrected chi connectivity index (χ1v) is 4.72. The molecule has 71 valence electrons. The minimum atomic E-state index is 0.919. The Kier molecular flexibility index (Phi) is 4.26. The van der Waals surface area contributed by atoms with E-state index in [0.717, 1.165) is 25.2 Å². The quantitative estimate of drug-likeness (QED) is 0.694. The summed E-state index contributed by atoms with van der Waals surface area (Å²) in [5.74, 6) is 0. The Hall–Kier alpha value is -1.09. The van der Waals surface area contributed by atoms with Crippen molar-refractivity contribution >= 4 is 5.69 Å². The molecule has 1 rings (SSSR count). The number of rotatable bonds is 5. The highest BCUT2D eigenvalue weighted by Gasteiger charge is 2.01. The molecule has 0 spiro atoms. The van der Waals surface area contributed by atoms with Crippen LogP contribution in [-0.2, 0) is 0 Å². The van der Waals surface area contributed by atoms with Gasteiger partial charge in [0.15, 0.2) is 0 Å². The van der Waals surface area contributed by atoms with Gasteiger partial charge >= 0.3 is 0 Å². The summed E-state index contributed by atoms with van der Waals surface area (Å²) in [4.78, 5) is 3.95. The van der Waals surface area contributed by atoms with E-state index in [1.807, 2.05) is 12.1 Å². The lowest BCUT2D eigenvalue weighted by molar-refractivity contribution is 0.627. The maximum absolute atomic E-state index is 3.95. The van der Waals surface area contributed by atoms with Gasteiger partial charge in [-0.25, -0.2) is 5.43 Å². The third-order valence-electron chi connectivity index (χ3n) is 1.75. The van der Waals surface area contributed by atoms with Crippen molar-refractivity contribution in [3.8, 4) is 0 Å². The summed E-state index contributed by atoms with van der Waals surface area (Å²) in [5, 5.41) is 2.05. The minimum Gasteiger partial charge on any atom is -0.306 e. The van der Waals surface area contributed by atoms with Crippen molar-refractivity contribution in [2.45, 2.75) is 20.3 Å². The number of pyridine rings is 1. The molecule has 0 aliphatic carbocycles. The predicted octanol–water partition coefficient (Wildman–Crippen LogP) is 1.62. The van der Waals surface area contributed by atoms with Crippen LogP contribution >= 0.6 is 0 Å². The highest BCUT2D eigenvalue weighted by Crippen LogP contribution is 2.07. The molecular formula is C10H16N3. The van der Waals surface area contributed by atoms with Gasteiger partial charge in [0.05, 0.1) is 5.69 Å². The van der Waals surface area contributed by atoms with Gasteiger partial charge in [-0.2, -0.15) is 0 Å². The fraction of sp³-hybridized carbons (Fsp3) is 0.500. The second-order valence-electron chi connectivity index (χ2n) is 2.79. The SMILES string of the molecule is CCCNN(CC)c1[c]nccc1. The third kappa shape index (κ3) is 3.03. The van der Waals surface area contributed by atoms with E-state index in [1.165, 1.54) is 0 Å². The first-order valence-electron chi connectivity index (χ1n) is 4.72. The summed E-state index contributed by atoms with van der Waals surface area (Å²) < 4.78 is 0. The number of hydrazine groups is 1. The normalized spacial score (nSPS) is 10.0. The van der Waals surface area contributed by atoms with E-state index in [0.29, 0.717) is 0 Å². The maximum atomic E-state index is 3.95. The molecule has 3 heteroatoms. The lowest BCUT2D eigenvalue weighted by Gasteiger charge is -2.22. The van der Waals surface area contributed by atoms with Gasteiger partial charge in [-0.15, -0.1) is 0 Å². The van der Waals surface area contributed by atoms with Crippen molar-refractivity contribution in [3.63, 3.8) is 0 Å². The molecule has 1 aromatic heterocycles. The van der Waals surface area contributed by atoms with Gasteiger partial charge in [0.25, 0.3) is 0 Å². The monoisotopic (exact) mass is 178 g/mol. The van der Waals surface area contributed by atoms with Crippen LogP contribution in [0, 0.1) is 6.20 Å². The van der Waals surface area contributed by atoms with Crippen LogP contribution in [0.1, 0.15) is 20.3 Å². The van der Waals surface area contributed by atoms with E-state index in [9.17, 15) is 0 Å². The Morgan fingerprint density at radius 1 is 1.54 bits per heavy atom. The van der Waals surface area contributed by atoms with E-state index in [-0.39, 0.29) is 0 Å². The van der Waals surface area contributed by atoms with Gasteiger partial charge in [-0.05, 0) is 25.5 Å². The van der Waals surface area contributed by atoms with Gasteiger partial charge in [0, 0.05) is 19.3 Å². The summed E-state index contributed by atoms with van der Waals surface area (Å²) in [6.07, 6.45) is 5.80. The molecule has 13 heavy (non-hydrogen) atoms. The van der Waals surface area contributed by atoms with Crippen LogP contribution in [0.5, 0.6) is 0 Å². The molecule has 1 N–H and O–H groups in total. The molecule has 0 fully saturated rings. The largest absolute Gasteiger partial charge is 0.306 e. The second-order valence-corrected chi connectivity index (χ2v) is 2.79. The highest BCUT2D eigenvalue weighted by atomic mass is 15.5. The second kappa shape index (κ2) is 5.54. The van der Waals surface area contributed by atoms with E-state index in [2.05, 4.69) is 35.5 Å². The highest BCUT2D eigenvalue weighted by molar-refractivity contribution is 5.40. The Balaban J connectivity index is 2.56. The van der Waals surface area contributed by atoms with Gasteiger partial charge in [-0.1, -0.05) is 6.92 Å². The van der Waals surface area contributed by atoms with Crippen molar-refractivity contribution < 1.29 is 0 Å². The van der Waals surface area contributed by atoms with E-state index < -0.39 is 0 Å². The number of nitrogens with zero attached hydrogens (tertiary/aromatic N) is 2. The Morgan fingerprint density at radius 3 is 2.92 bits per heavy atom.